The number of carbonyl (C=O) groups is 1. The summed E-state index contributed by atoms with van der Waals surface area (Å²) < 4.78 is 9.98. The third-order valence-electron chi connectivity index (χ3n) is 1.84. The zero-order chi connectivity index (χ0) is 8.81. The minimum absolute atomic E-state index is 0.0583. The number of hydrogen-bond acceptors (Lipinski definition) is 3. The number of amides is 1. The van der Waals surface area contributed by atoms with Crippen LogP contribution in [0.4, 0.5) is 0 Å². The lowest BCUT2D eigenvalue weighted by Gasteiger charge is -2.18. The first-order valence-electron chi connectivity index (χ1n) is 4.19. The van der Waals surface area contributed by atoms with Crippen molar-refractivity contribution in [2.75, 3.05) is 40.0 Å². The highest BCUT2D eigenvalue weighted by Crippen LogP contribution is 1.99. The number of ether oxygens (including phenoxy) is 2. The Hall–Kier alpha value is -0.610. The molecular weight excluding hydrogens is 158 g/mol. The van der Waals surface area contributed by atoms with E-state index in [4.69, 9.17) is 9.47 Å². The second-order valence-corrected chi connectivity index (χ2v) is 2.78. The van der Waals surface area contributed by atoms with E-state index in [1.54, 1.807) is 4.90 Å². The summed E-state index contributed by atoms with van der Waals surface area (Å²) in [5, 5.41) is 0. The molecule has 1 saturated heterocycles. The van der Waals surface area contributed by atoms with E-state index >= 15 is 0 Å². The van der Waals surface area contributed by atoms with Gasteiger partial charge in [-0.15, -0.1) is 0 Å². The molecule has 0 saturated carbocycles. The van der Waals surface area contributed by atoms with Gasteiger partial charge in [0.15, 0.2) is 0 Å². The molecule has 0 aromatic rings. The van der Waals surface area contributed by atoms with Crippen molar-refractivity contribution in [1.82, 2.24) is 4.90 Å². The van der Waals surface area contributed by atoms with Gasteiger partial charge in [0.25, 0.3) is 0 Å². The van der Waals surface area contributed by atoms with Gasteiger partial charge in [-0.2, -0.15) is 0 Å². The van der Waals surface area contributed by atoms with Crippen molar-refractivity contribution < 1.29 is 14.3 Å². The molecule has 12 heavy (non-hydrogen) atoms. The Labute approximate surface area is 72.4 Å². The second-order valence-electron chi connectivity index (χ2n) is 2.78. The fraction of sp³-hybridized carbons (Fsp3) is 0.875. The minimum Gasteiger partial charge on any atom is -0.380 e. The van der Waals surface area contributed by atoms with Crippen LogP contribution in [-0.4, -0.2) is 50.8 Å². The lowest BCUT2D eigenvalue weighted by molar-refractivity contribution is -0.135. The SMILES string of the molecule is COCC(=O)N1CCCOCC1. The summed E-state index contributed by atoms with van der Waals surface area (Å²) in [7, 11) is 1.53. The van der Waals surface area contributed by atoms with Gasteiger partial charge in [0, 0.05) is 26.8 Å². The Balaban J connectivity index is 2.32. The molecule has 0 unspecified atom stereocenters. The van der Waals surface area contributed by atoms with Crippen LogP contribution in [0.1, 0.15) is 6.42 Å². The topological polar surface area (TPSA) is 38.8 Å². The highest BCUT2D eigenvalue weighted by atomic mass is 16.5. The van der Waals surface area contributed by atoms with E-state index in [-0.39, 0.29) is 12.5 Å². The Bertz CT molecular complexity index is 141. The minimum atomic E-state index is 0.0583. The molecule has 1 rings (SSSR count). The van der Waals surface area contributed by atoms with Crippen LogP contribution in [0.15, 0.2) is 0 Å². The molecule has 1 heterocycles. The maximum atomic E-state index is 11.3. The zero-order valence-corrected chi connectivity index (χ0v) is 7.41. The third kappa shape index (κ3) is 2.79. The van der Waals surface area contributed by atoms with Gasteiger partial charge in [-0.05, 0) is 6.42 Å². The lowest BCUT2D eigenvalue weighted by atomic mass is 10.4. The van der Waals surface area contributed by atoms with Gasteiger partial charge in [-0.1, -0.05) is 0 Å². The van der Waals surface area contributed by atoms with Gasteiger partial charge in [0.05, 0.1) is 6.61 Å². The van der Waals surface area contributed by atoms with Crippen molar-refractivity contribution >= 4 is 5.91 Å². The van der Waals surface area contributed by atoms with Crippen molar-refractivity contribution in [3.05, 3.63) is 0 Å². The molecule has 0 aromatic carbocycles. The largest absolute Gasteiger partial charge is 0.380 e. The van der Waals surface area contributed by atoms with Gasteiger partial charge >= 0.3 is 0 Å². The Morgan fingerprint density at radius 3 is 3.08 bits per heavy atom. The molecule has 0 bridgehead atoms. The summed E-state index contributed by atoms with van der Waals surface area (Å²) in [6.45, 7) is 3.08. The van der Waals surface area contributed by atoms with Crippen LogP contribution in [0.25, 0.3) is 0 Å². The fourth-order valence-corrected chi connectivity index (χ4v) is 1.21. The molecule has 1 aliphatic rings. The molecule has 70 valence electrons. The van der Waals surface area contributed by atoms with Crippen LogP contribution in [0.3, 0.4) is 0 Å². The summed E-state index contributed by atoms with van der Waals surface area (Å²) in [6.07, 6.45) is 0.926. The normalized spacial score (nSPS) is 18.9. The van der Waals surface area contributed by atoms with Gasteiger partial charge in [-0.3, -0.25) is 4.79 Å². The van der Waals surface area contributed by atoms with Gasteiger partial charge in [-0.25, -0.2) is 0 Å². The van der Waals surface area contributed by atoms with Crippen molar-refractivity contribution in [2.45, 2.75) is 6.42 Å². The summed E-state index contributed by atoms with van der Waals surface area (Å²) in [5.74, 6) is 0.0583. The Morgan fingerprint density at radius 2 is 2.33 bits per heavy atom. The van der Waals surface area contributed by atoms with E-state index in [1.807, 2.05) is 0 Å². The quantitative estimate of drug-likeness (QED) is 0.584. The molecule has 4 nitrogen and oxygen atoms in total. The first-order valence-corrected chi connectivity index (χ1v) is 4.19. The lowest BCUT2D eigenvalue weighted by Crippen LogP contribution is -2.35. The molecule has 0 radical (unpaired) electrons. The highest BCUT2D eigenvalue weighted by molar-refractivity contribution is 5.77. The molecule has 1 amide bonds. The number of methoxy groups -OCH3 is 1. The van der Waals surface area contributed by atoms with Crippen LogP contribution in [0.5, 0.6) is 0 Å². The molecule has 4 heteroatoms. The number of hydrogen-bond donors (Lipinski definition) is 0. The van der Waals surface area contributed by atoms with E-state index in [1.165, 1.54) is 7.11 Å². The van der Waals surface area contributed by atoms with Crippen molar-refractivity contribution in [3.8, 4) is 0 Å². The molecule has 0 aromatic heterocycles. The van der Waals surface area contributed by atoms with E-state index in [9.17, 15) is 4.79 Å². The zero-order valence-electron chi connectivity index (χ0n) is 7.41. The van der Waals surface area contributed by atoms with E-state index in [0.29, 0.717) is 13.2 Å². The van der Waals surface area contributed by atoms with Gasteiger partial charge in [0.2, 0.25) is 5.91 Å². The monoisotopic (exact) mass is 173 g/mol. The molecule has 1 aliphatic heterocycles. The van der Waals surface area contributed by atoms with E-state index < -0.39 is 0 Å². The van der Waals surface area contributed by atoms with Gasteiger partial charge < -0.3 is 14.4 Å². The number of nitrogens with zero attached hydrogens (tertiary/aromatic N) is 1. The Kier molecular flexibility index (Phi) is 4.04. The molecule has 0 N–H and O–H groups in total. The second kappa shape index (κ2) is 5.11. The van der Waals surface area contributed by atoms with Crippen molar-refractivity contribution in [3.63, 3.8) is 0 Å². The maximum Gasteiger partial charge on any atom is 0.248 e. The molecule has 0 atom stereocenters. The highest BCUT2D eigenvalue weighted by Gasteiger charge is 2.14. The molecular formula is C8H15NO3. The smallest absolute Gasteiger partial charge is 0.248 e. The Morgan fingerprint density at radius 1 is 1.50 bits per heavy atom. The van der Waals surface area contributed by atoms with Crippen LogP contribution < -0.4 is 0 Å². The van der Waals surface area contributed by atoms with Crippen LogP contribution in [-0.2, 0) is 14.3 Å². The average molecular weight is 173 g/mol. The average Bonchev–Trinajstić information content (AvgIpc) is 2.32. The summed E-state index contributed by atoms with van der Waals surface area (Å²) in [4.78, 5) is 13.1. The number of rotatable bonds is 2. The summed E-state index contributed by atoms with van der Waals surface area (Å²) >= 11 is 0. The maximum absolute atomic E-state index is 11.3. The summed E-state index contributed by atoms with van der Waals surface area (Å²) in [5.41, 5.74) is 0. The van der Waals surface area contributed by atoms with Crippen molar-refractivity contribution in [1.29, 1.82) is 0 Å². The van der Waals surface area contributed by atoms with Crippen LogP contribution in [0.2, 0.25) is 0 Å². The van der Waals surface area contributed by atoms with Gasteiger partial charge in [0.1, 0.15) is 6.61 Å². The van der Waals surface area contributed by atoms with E-state index in [2.05, 4.69) is 0 Å². The standard InChI is InChI=1S/C8H15NO3/c1-11-7-8(10)9-3-2-5-12-6-4-9/h2-7H2,1H3. The third-order valence-corrected chi connectivity index (χ3v) is 1.84. The molecule has 1 fully saturated rings. The summed E-state index contributed by atoms with van der Waals surface area (Å²) in [6, 6.07) is 0. The van der Waals surface area contributed by atoms with Crippen LogP contribution in [0, 0.1) is 0 Å². The molecule has 0 spiro atoms. The molecule has 0 aliphatic carbocycles. The number of carbonyl (C=O) groups excluding carboxylic acids is 1. The van der Waals surface area contributed by atoms with E-state index in [0.717, 1.165) is 19.6 Å². The van der Waals surface area contributed by atoms with Crippen LogP contribution >= 0.6 is 0 Å². The van der Waals surface area contributed by atoms with Crippen molar-refractivity contribution in [2.24, 2.45) is 0 Å². The fourth-order valence-electron chi connectivity index (χ4n) is 1.21. The first-order chi connectivity index (χ1) is 5.84. The predicted molar refractivity (Wildman–Crippen MR) is 43.9 cm³/mol. The predicted octanol–water partition coefficient (Wildman–Crippen LogP) is -0.118. The first kappa shape index (κ1) is 9.48.